The molecule has 0 amide bonds. The lowest BCUT2D eigenvalue weighted by atomic mass is 10.1. The summed E-state index contributed by atoms with van der Waals surface area (Å²) in [5.74, 6) is -0.956. The van der Waals surface area contributed by atoms with E-state index in [9.17, 15) is 4.79 Å². The number of carbonyl (C=O) groups is 1. The number of carboxylic acid groups (broad SMARTS) is 1. The van der Waals surface area contributed by atoms with Crippen molar-refractivity contribution in [2.45, 2.75) is 25.8 Å². The molecule has 104 valence electrons. The van der Waals surface area contributed by atoms with Crippen molar-refractivity contribution in [2.75, 3.05) is 45.9 Å². The molecule has 5 heteroatoms. The zero-order chi connectivity index (χ0) is 13.0. The summed E-state index contributed by atoms with van der Waals surface area (Å²) in [6, 6.07) is 0.632. The molecule has 1 atom stereocenters. The Kier molecular flexibility index (Phi) is 4.97. The van der Waals surface area contributed by atoms with Crippen LogP contribution in [0.2, 0.25) is 0 Å². The number of morpholine rings is 1. The van der Waals surface area contributed by atoms with E-state index < -0.39 is 5.97 Å². The lowest BCUT2D eigenvalue weighted by Crippen LogP contribution is -2.43. The van der Waals surface area contributed by atoms with Crippen molar-refractivity contribution in [3.05, 3.63) is 0 Å². The highest BCUT2D eigenvalue weighted by molar-refractivity contribution is 5.69. The Morgan fingerprint density at radius 1 is 1.44 bits per heavy atom. The zero-order valence-corrected chi connectivity index (χ0v) is 11.2. The number of aliphatic carboxylic acids is 1. The molecule has 1 heterocycles. The van der Waals surface area contributed by atoms with Crippen molar-refractivity contribution < 1.29 is 14.6 Å². The van der Waals surface area contributed by atoms with Gasteiger partial charge in [-0.25, -0.2) is 0 Å². The van der Waals surface area contributed by atoms with Crippen molar-refractivity contribution in [1.82, 2.24) is 9.80 Å². The Hall–Kier alpha value is -0.650. The normalized spacial score (nSPS) is 23.2. The molecule has 0 aromatic carbocycles. The van der Waals surface area contributed by atoms with Crippen LogP contribution in [-0.2, 0) is 9.53 Å². The van der Waals surface area contributed by atoms with E-state index in [2.05, 4.69) is 9.80 Å². The summed E-state index contributed by atoms with van der Waals surface area (Å²) < 4.78 is 5.33. The van der Waals surface area contributed by atoms with E-state index in [1.165, 1.54) is 12.8 Å². The Morgan fingerprint density at radius 2 is 2.11 bits per heavy atom. The number of nitrogens with zero attached hydrogens (tertiary/aromatic N) is 2. The molecule has 1 saturated carbocycles. The minimum atomic E-state index is -0.688. The smallest absolute Gasteiger partial charge is 0.307 e. The van der Waals surface area contributed by atoms with Crippen molar-refractivity contribution in [2.24, 2.45) is 5.92 Å². The van der Waals surface area contributed by atoms with Crippen LogP contribution in [0.15, 0.2) is 0 Å². The van der Waals surface area contributed by atoms with Gasteiger partial charge < -0.3 is 9.84 Å². The van der Waals surface area contributed by atoms with E-state index in [-0.39, 0.29) is 5.92 Å². The topological polar surface area (TPSA) is 53.0 Å². The largest absolute Gasteiger partial charge is 0.481 e. The van der Waals surface area contributed by atoms with E-state index >= 15 is 0 Å². The number of carboxylic acids is 1. The van der Waals surface area contributed by atoms with Crippen LogP contribution in [0.5, 0.6) is 0 Å². The van der Waals surface area contributed by atoms with Crippen LogP contribution in [0.25, 0.3) is 0 Å². The fourth-order valence-corrected chi connectivity index (χ4v) is 2.39. The third-order valence-corrected chi connectivity index (χ3v) is 3.80. The molecule has 2 rings (SSSR count). The first-order valence-electron chi connectivity index (χ1n) is 6.94. The van der Waals surface area contributed by atoms with Crippen LogP contribution in [0.1, 0.15) is 19.8 Å². The molecule has 1 aliphatic heterocycles. The van der Waals surface area contributed by atoms with E-state index in [0.717, 1.165) is 39.4 Å². The van der Waals surface area contributed by atoms with Gasteiger partial charge in [0.1, 0.15) is 0 Å². The summed E-state index contributed by atoms with van der Waals surface area (Å²) in [5.41, 5.74) is 0. The first-order chi connectivity index (χ1) is 8.66. The highest BCUT2D eigenvalue weighted by Gasteiger charge is 2.31. The molecule has 2 fully saturated rings. The monoisotopic (exact) mass is 256 g/mol. The van der Waals surface area contributed by atoms with E-state index in [1.54, 1.807) is 6.92 Å². The van der Waals surface area contributed by atoms with Crippen LogP contribution in [0.4, 0.5) is 0 Å². The molecule has 0 bridgehead atoms. The molecular weight excluding hydrogens is 232 g/mol. The third-order valence-electron chi connectivity index (χ3n) is 3.80. The standard InChI is InChI=1S/C13H24N2O3/c1-11(13(16)17)10-15(12-2-3-12)5-4-14-6-8-18-9-7-14/h11-12H,2-10H2,1H3,(H,16,17). The molecule has 0 spiro atoms. The second-order valence-electron chi connectivity index (χ2n) is 5.42. The van der Waals surface area contributed by atoms with Gasteiger partial charge in [0.2, 0.25) is 0 Å². The second kappa shape index (κ2) is 6.50. The number of hydrogen-bond donors (Lipinski definition) is 1. The zero-order valence-electron chi connectivity index (χ0n) is 11.2. The van der Waals surface area contributed by atoms with Gasteiger partial charge in [-0.2, -0.15) is 0 Å². The van der Waals surface area contributed by atoms with Crippen LogP contribution in [0, 0.1) is 5.92 Å². The maximum Gasteiger partial charge on any atom is 0.307 e. The minimum Gasteiger partial charge on any atom is -0.481 e. The first-order valence-corrected chi connectivity index (χ1v) is 6.94. The van der Waals surface area contributed by atoms with Crippen molar-refractivity contribution in [3.63, 3.8) is 0 Å². The predicted octanol–water partition coefficient (Wildman–Crippen LogP) is 0.504. The number of hydrogen-bond acceptors (Lipinski definition) is 4. The fourth-order valence-electron chi connectivity index (χ4n) is 2.39. The first kappa shape index (κ1) is 13.8. The van der Waals surface area contributed by atoms with Gasteiger partial charge in [0.25, 0.3) is 0 Å². The molecule has 0 aromatic heterocycles. The molecule has 0 aromatic rings. The quantitative estimate of drug-likeness (QED) is 0.719. The fraction of sp³-hybridized carbons (Fsp3) is 0.923. The molecule has 18 heavy (non-hydrogen) atoms. The van der Waals surface area contributed by atoms with Gasteiger partial charge in [0.15, 0.2) is 0 Å². The Balaban J connectivity index is 1.73. The highest BCUT2D eigenvalue weighted by Crippen LogP contribution is 2.27. The highest BCUT2D eigenvalue weighted by atomic mass is 16.5. The summed E-state index contributed by atoms with van der Waals surface area (Å²) in [5, 5.41) is 9.00. The number of ether oxygens (including phenoxy) is 1. The lowest BCUT2D eigenvalue weighted by Gasteiger charge is -2.30. The second-order valence-corrected chi connectivity index (χ2v) is 5.42. The van der Waals surface area contributed by atoms with Crippen LogP contribution >= 0.6 is 0 Å². The average Bonchev–Trinajstić information content (AvgIpc) is 3.19. The van der Waals surface area contributed by atoms with E-state index in [4.69, 9.17) is 9.84 Å². The number of rotatable bonds is 7. The predicted molar refractivity (Wildman–Crippen MR) is 68.7 cm³/mol. The molecule has 5 nitrogen and oxygen atoms in total. The molecule has 1 unspecified atom stereocenters. The van der Waals surface area contributed by atoms with Gasteiger partial charge in [0.05, 0.1) is 19.1 Å². The van der Waals surface area contributed by atoms with Crippen LogP contribution < -0.4 is 0 Å². The molecule has 1 saturated heterocycles. The Morgan fingerprint density at radius 3 is 2.67 bits per heavy atom. The van der Waals surface area contributed by atoms with Crippen molar-refractivity contribution in [3.8, 4) is 0 Å². The summed E-state index contributed by atoms with van der Waals surface area (Å²) >= 11 is 0. The van der Waals surface area contributed by atoms with E-state index in [0.29, 0.717) is 12.6 Å². The minimum absolute atomic E-state index is 0.268. The maximum atomic E-state index is 10.9. The summed E-state index contributed by atoms with van der Waals surface area (Å²) in [6.45, 7) is 8.18. The molecule has 2 aliphatic rings. The summed E-state index contributed by atoms with van der Waals surface area (Å²) in [4.78, 5) is 15.7. The summed E-state index contributed by atoms with van der Waals surface area (Å²) in [6.07, 6.45) is 2.46. The maximum absolute atomic E-state index is 10.9. The van der Waals surface area contributed by atoms with Gasteiger partial charge in [-0.05, 0) is 12.8 Å². The van der Waals surface area contributed by atoms with Crippen molar-refractivity contribution >= 4 is 5.97 Å². The Bertz CT molecular complexity index is 275. The molecular formula is C13H24N2O3. The van der Waals surface area contributed by atoms with Crippen LogP contribution in [0.3, 0.4) is 0 Å². The molecule has 0 radical (unpaired) electrons. The third kappa shape index (κ3) is 4.23. The van der Waals surface area contributed by atoms with Gasteiger partial charge in [-0.3, -0.25) is 14.6 Å². The SMILES string of the molecule is CC(CN(CCN1CCOCC1)C1CC1)C(=O)O. The van der Waals surface area contributed by atoms with Gasteiger partial charge in [-0.15, -0.1) is 0 Å². The van der Waals surface area contributed by atoms with E-state index in [1.807, 2.05) is 0 Å². The van der Waals surface area contributed by atoms with Gasteiger partial charge in [0, 0.05) is 38.8 Å². The Labute approximate surface area is 109 Å². The van der Waals surface area contributed by atoms with Crippen LogP contribution in [-0.4, -0.2) is 72.9 Å². The van der Waals surface area contributed by atoms with Crippen molar-refractivity contribution in [1.29, 1.82) is 0 Å². The summed E-state index contributed by atoms with van der Waals surface area (Å²) in [7, 11) is 0. The lowest BCUT2D eigenvalue weighted by molar-refractivity contribution is -0.141. The average molecular weight is 256 g/mol. The van der Waals surface area contributed by atoms with Gasteiger partial charge in [-0.1, -0.05) is 6.92 Å². The molecule has 1 N–H and O–H groups in total. The molecule has 1 aliphatic carbocycles. The van der Waals surface area contributed by atoms with Gasteiger partial charge >= 0.3 is 5.97 Å².